The van der Waals surface area contributed by atoms with E-state index < -0.39 is 11.9 Å². The van der Waals surface area contributed by atoms with Crippen LogP contribution < -0.4 is 0 Å². The molecule has 1 fully saturated rings. The number of carbonyl (C=O) groups is 3. The van der Waals surface area contributed by atoms with Crippen LogP contribution in [-0.4, -0.2) is 27.1 Å². The van der Waals surface area contributed by atoms with Gasteiger partial charge in [-0.05, 0) is 53.7 Å². The van der Waals surface area contributed by atoms with Crippen molar-refractivity contribution in [2.24, 2.45) is 0 Å². The van der Waals surface area contributed by atoms with Gasteiger partial charge in [0.1, 0.15) is 11.5 Å². The van der Waals surface area contributed by atoms with Crippen molar-refractivity contribution in [2.45, 2.75) is 6.54 Å². The molecule has 1 saturated heterocycles. The van der Waals surface area contributed by atoms with Crippen molar-refractivity contribution in [3.8, 4) is 11.3 Å². The monoisotopic (exact) mass is 473 g/mol. The van der Waals surface area contributed by atoms with Gasteiger partial charge >= 0.3 is 5.97 Å². The number of hydrogen-bond donors (Lipinski definition) is 1. The normalized spacial score (nSPS) is 15.2. The second kappa shape index (κ2) is 8.63. The highest BCUT2D eigenvalue weighted by atomic mass is 35.5. The summed E-state index contributed by atoms with van der Waals surface area (Å²) < 4.78 is 5.74. The Balaban J connectivity index is 1.53. The predicted octanol–water partition coefficient (Wildman–Crippen LogP) is 6.19. The lowest BCUT2D eigenvalue weighted by Crippen LogP contribution is -2.27. The molecule has 1 aliphatic rings. The van der Waals surface area contributed by atoms with Crippen LogP contribution in [0.2, 0.25) is 10.0 Å². The van der Waals surface area contributed by atoms with Crippen molar-refractivity contribution >= 4 is 58.2 Å². The average molecular weight is 474 g/mol. The highest BCUT2D eigenvalue weighted by Crippen LogP contribution is 2.35. The van der Waals surface area contributed by atoms with Crippen molar-refractivity contribution in [3.05, 3.63) is 86.4 Å². The Morgan fingerprint density at radius 2 is 1.81 bits per heavy atom. The van der Waals surface area contributed by atoms with E-state index in [1.54, 1.807) is 42.5 Å². The Morgan fingerprint density at radius 1 is 1.06 bits per heavy atom. The molecule has 2 aromatic carbocycles. The first kappa shape index (κ1) is 21.2. The predicted molar refractivity (Wildman–Crippen MR) is 119 cm³/mol. The van der Waals surface area contributed by atoms with Crippen LogP contribution >= 0.6 is 35.0 Å². The van der Waals surface area contributed by atoms with E-state index in [4.69, 9.17) is 32.7 Å². The second-order valence-corrected chi connectivity index (χ2v) is 8.43. The smallest absolute Gasteiger partial charge is 0.337 e. The molecule has 0 atom stereocenters. The fraction of sp³-hybridized carbons (Fsp3) is 0.0455. The summed E-state index contributed by atoms with van der Waals surface area (Å²) in [6, 6.07) is 14.7. The van der Waals surface area contributed by atoms with E-state index in [1.165, 1.54) is 18.2 Å². The van der Waals surface area contributed by atoms with Crippen LogP contribution in [0.5, 0.6) is 0 Å². The summed E-state index contributed by atoms with van der Waals surface area (Å²) in [5, 5.41) is 9.37. The van der Waals surface area contributed by atoms with Gasteiger partial charge in [0.25, 0.3) is 11.1 Å². The molecule has 2 amide bonds. The first-order valence-electron chi connectivity index (χ1n) is 8.94. The third kappa shape index (κ3) is 4.54. The SMILES string of the molecule is O=C(O)c1ccc(-c2ccc(/C=C3\SC(=O)N(Cc4ccc(Cl)cc4)C3=O)o2)cc1Cl. The molecule has 0 spiro atoms. The minimum atomic E-state index is -1.12. The Kier molecular flexibility index (Phi) is 5.91. The molecule has 0 unspecified atom stereocenters. The molecule has 0 aliphatic carbocycles. The van der Waals surface area contributed by atoms with Crippen molar-refractivity contribution in [1.29, 1.82) is 0 Å². The lowest BCUT2D eigenvalue weighted by atomic mass is 10.1. The van der Waals surface area contributed by atoms with Gasteiger partial charge in [0.15, 0.2) is 0 Å². The highest BCUT2D eigenvalue weighted by molar-refractivity contribution is 8.18. The van der Waals surface area contributed by atoms with Gasteiger partial charge in [-0.1, -0.05) is 41.4 Å². The summed E-state index contributed by atoms with van der Waals surface area (Å²) in [5.41, 5.74) is 1.37. The van der Waals surface area contributed by atoms with E-state index in [0.29, 0.717) is 22.1 Å². The first-order valence-corrected chi connectivity index (χ1v) is 10.5. The lowest BCUT2D eigenvalue weighted by Gasteiger charge is -2.12. The summed E-state index contributed by atoms with van der Waals surface area (Å²) in [4.78, 5) is 37.5. The molecular weight excluding hydrogens is 461 g/mol. The number of thioether (sulfide) groups is 1. The molecule has 31 heavy (non-hydrogen) atoms. The van der Waals surface area contributed by atoms with Gasteiger partial charge in [-0.15, -0.1) is 0 Å². The molecule has 1 aromatic heterocycles. The molecule has 1 aliphatic heterocycles. The van der Waals surface area contributed by atoms with Crippen LogP contribution in [0.3, 0.4) is 0 Å². The summed E-state index contributed by atoms with van der Waals surface area (Å²) in [6.07, 6.45) is 1.50. The number of imide groups is 1. The fourth-order valence-electron chi connectivity index (χ4n) is 2.97. The van der Waals surface area contributed by atoms with E-state index in [0.717, 1.165) is 22.2 Å². The summed E-state index contributed by atoms with van der Waals surface area (Å²) in [5.74, 6) is -0.696. The maximum absolute atomic E-state index is 12.7. The lowest BCUT2D eigenvalue weighted by molar-refractivity contribution is -0.123. The largest absolute Gasteiger partial charge is 0.478 e. The van der Waals surface area contributed by atoms with E-state index in [9.17, 15) is 14.4 Å². The van der Waals surface area contributed by atoms with Gasteiger partial charge in [0, 0.05) is 16.7 Å². The molecule has 3 aromatic rings. The van der Waals surface area contributed by atoms with E-state index >= 15 is 0 Å². The molecule has 9 heteroatoms. The summed E-state index contributed by atoms with van der Waals surface area (Å²) in [7, 11) is 0. The van der Waals surface area contributed by atoms with Crippen molar-refractivity contribution < 1.29 is 23.9 Å². The first-order chi connectivity index (χ1) is 14.8. The fourth-order valence-corrected chi connectivity index (χ4v) is 4.17. The van der Waals surface area contributed by atoms with E-state index in [2.05, 4.69) is 0 Å². The van der Waals surface area contributed by atoms with Crippen molar-refractivity contribution in [3.63, 3.8) is 0 Å². The third-order valence-corrected chi connectivity index (χ3v) is 5.98. The van der Waals surface area contributed by atoms with Crippen LogP contribution in [0.15, 0.2) is 63.9 Å². The maximum atomic E-state index is 12.7. The standard InChI is InChI=1S/C22H13Cl2NO5S/c23-14-4-1-12(2-5-14)11-25-20(26)19(31-22(25)29)10-15-6-8-18(30-15)13-3-7-16(21(27)28)17(24)9-13/h1-10H,11H2,(H,27,28)/b19-10-. The number of furan rings is 1. The Labute approximate surface area is 191 Å². The van der Waals surface area contributed by atoms with Gasteiger partial charge in [0.05, 0.1) is 22.0 Å². The molecule has 0 saturated carbocycles. The maximum Gasteiger partial charge on any atom is 0.337 e. The van der Waals surface area contributed by atoms with Gasteiger partial charge in [0.2, 0.25) is 0 Å². The van der Waals surface area contributed by atoms with Crippen LogP contribution in [0, 0.1) is 0 Å². The molecule has 0 radical (unpaired) electrons. The zero-order chi connectivity index (χ0) is 22.1. The molecule has 0 bridgehead atoms. The molecule has 156 valence electrons. The number of carboxylic acid groups (broad SMARTS) is 1. The highest BCUT2D eigenvalue weighted by Gasteiger charge is 2.35. The number of carboxylic acids is 1. The zero-order valence-electron chi connectivity index (χ0n) is 15.7. The van der Waals surface area contributed by atoms with Gasteiger partial charge < -0.3 is 9.52 Å². The van der Waals surface area contributed by atoms with E-state index in [1.807, 2.05) is 0 Å². The molecule has 6 nitrogen and oxygen atoms in total. The topological polar surface area (TPSA) is 87.8 Å². The molecule has 4 rings (SSSR count). The minimum Gasteiger partial charge on any atom is -0.478 e. The van der Waals surface area contributed by atoms with Crippen LogP contribution in [0.1, 0.15) is 21.7 Å². The Hall–Kier alpha value is -3.00. The Morgan fingerprint density at radius 3 is 2.48 bits per heavy atom. The molecule has 1 N–H and O–H groups in total. The number of halogens is 2. The molecular formula is C22H13Cl2NO5S. The van der Waals surface area contributed by atoms with E-state index in [-0.39, 0.29) is 27.3 Å². The number of carbonyl (C=O) groups excluding carboxylic acids is 2. The number of rotatable bonds is 5. The van der Waals surface area contributed by atoms with Crippen LogP contribution in [0.25, 0.3) is 17.4 Å². The van der Waals surface area contributed by atoms with Gasteiger partial charge in [-0.25, -0.2) is 4.79 Å². The van der Waals surface area contributed by atoms with Crippen molar-refractivity contribution in [1.82, 2.24) is 4.90 Å². The van der Waals surface area contributed by atoms with Crippen LogP contribution in [0.4, 0.5) is 4.79 Å². The van der Waals surface area contributed by atoms with Gasteiger partial charge in [-0.3, -0.25) is 14.5 Å². The van der Waals surface area contributed by atoms with Crippen molar-refractivity contribution in [2.75, 3.05) is 0 Å². The average Bonchev–Trinajstić information content (AvgIpc) is 3.29. The Bertz CT molecular complexity index is 1230. The number of nitrogens with zero attached hydrogens (tertiary/aromatic N) is 1. The number of hydrogen-bond acceptors (Lipinski definition) is 5. The van der Waals surface area contributed by atoms with Gasteiger partial charge in [-0.2, -0.15) is 0 Å². The molecule has 2 heterocycles. The number of amides is 2. The zero-order valence-corrected chi connectivity index (χ0v) is 18.0. The summed E-state index contributed by atoms with van der Waals surface area (Å²) >= 11 is 12.7. The van der Waals surface area contributed by atoms with Crippen LogP contribution in [-0.2, 0) is 11.3 Å². The minimum absolute atomic E-state index is 0.00782. The quantitative estimate of drug-likeness (QED) is 0.444. The number of benzene rings is 2. The second-order valence-electron chi connectivity index (χ2n) is 6.60. The third-order valence-electron chi connectivity index (χ3n) is 4.51. The number of aromatic carboxylic acids is 1. The summed E-state index contributed by atoms with van der Waals surface area (Å²) in [6.45, 7) is 0.150.